The summed E-state index contributed by atoms with van der Waals surface area (Å²) in [5.41, 5.74) is 0. The Bertz CT molecular complexity index is 164. The van der Waals surface area contributed by atoms with Crippen LogP contribution in [0, 0.1) is 0 Å². The fraction of sp³-hybridized carbons (Fsp3) is 1.00. The van der Waals surface area contributed by atoms with Gasteiger partial charge in [-0.1, -0.05) is 90.9 Å². The lowest BCUT2D eigenvalue weighted by atomic mass is 10.1. The van der Waals surface area contributed by atoms with Crippen LogP contribution in [0.2, 0.25) is 0 Å². The van der Waals surface area contributed by atoms with Gasteiger partial charge in [-0.15, -0.1) is 0 Å². The van der Waals surface area contributed by atoms with Crippen LogP contribution in [0.4, 0.5) is 0 Å². The number of rotatable bonds is 17. The maximum atomic E-state index is 9.35. The van der Waals surface area contributed by atoms with E-state index in [1.807, 2.05) is 0 Å². The Balaban J connectivity index is 3.29. The second-order valence-electron chi connectivity index (χ2n) is 6.35. The standard InChI is InChI=1S/C19H40O2/c1-3-5-7-9-11-12-14-16-19(18-20)21-17-15-13-10-8-6-4-2/h19-20H,3-18H2,1-2H3. The fourth-order valence-electron chi connectivity index (χ4n) is 2.69. The van der Waals surface area contributed by atoms with E-state index in [1.165, 1.54) is 77.0 Å². The maximum Gasteiger partial charge on any atom is 0.0805 e. The minimum absolute atomic E-state index is 0.0799. The Labute approximate surface area is 133 Å². The van der Waals surface area contributed by atoms with Crippen LogP contribution in [0.3, 0.4) is 0 Å². The van der Waals surface area contributed by atoms with Crippen LogP contribution in [-0.4, -0.2) is 24.4 Å². The first-order valence-corrected chi connectivity index (χ1v) is 9.57. The van der Waals surface area contributed by atoms with E-state index in [0.717, 1.165) is 19.4 Å². The molecule has 0 saturated carbocycles. The van der Waals surface area contributed by atoms with Crippen molar-refractivity contribution in [3.63, 3.8) is 0 Å². The summed E-state index contributed by atoms with van der Waals surface area (Å²) in [5, 5.41) is 9.35. The van der Waals surface area contributed by atoms with Crippen LogP contribution in [-0.2, 0) is 4.74 Å². The number of aliphatic hydroxyl groups excluding tert-OH is 1. The maximum absolute atomic E-state index is 9.35. The summed E-state index contributed by atoms with van der Waals surface area (Å²) in [5.74, 6) is 0. The molecule has 128 valence electrons. The molecule has 2 heteroatoms. The number of unbranched alkanes of at least 4 members (excludes halogenated alkanes) is 11. The minimum Gasteiger partial charge on any atom is -0.394 e. The van der Waals surface area contributed by atoms with Crippen LogP contribution in [0.25, 0.3) is 0 Å². The molecule has 2 nitrogen and oxygen atoms in total. The molecule has 0 saturated heterocycles. The van der Waals surface area contributed by atoms with E-state index in [2.05, 4.69) is 13.8 Å². The van der Waals surface area contributed by atoms with Gasteiger partial charge in [-0.25, -0.2) is 0 Å². The quantitative estimate of drug-likeness (QED) is 0.341. The summed E-state index contributed by atoms with van der Waals surface area (Å²) in [7, 11) is 0. The Hall–Kier alpha value is -0.0800. The van der Waals surface area contributed by atoms with E-state index in [4.69, 9.17) is 4.74 Å². The largest absolute Gasteiger partial charge is 0.394 e. The molecule has 21 heavy (non-hydrogen) atoms. The lowest BCUT2D eigenvalue weighted by Crippen LogP contribution is -2.18. The molecular weight excluding hydrogens is 260 g/mol. The molecule has 0 bridgehead atoms. The molecule has 1 N–H and O–H groups in total. The lowest BCUT2D eigenvalue weighted by molar-refractivity contribution is 0.00497. The molecular formula is C19H40O2. The highest BCUT2D eigenvalue weighted by Gasteiger charge is 2.06. The minimum atomic E-state index is 0.0799. The zero-order valence-electron chi connectivity index (χ0n) is 14.7. The monoisotopic (exact) mass is 300 g/mol. The van der Waals surface area contributed by atoms with Gasteiger partial charge in [0.15, 0.2) is 0 Å². The van der Waals surface area contributed by atoms with Crippen molar-refractivity contribution in [3.8, 4) is 0 Å². The lowest BCUT2D eigenvalue weighted by Gasteiger charge is -2.15. The predicted octanol–water partition coefficient (Wildman–Crippen LogP) is 5.87. The Kier molecular flexibility index (Phi) is 17.9. The molecule has 1 atom stereocenters. The first-order chi connectivity index (χ1) is 10.3. The third-order valence-corrected chi connectivity index (χ3v) is 4.18. The number of hydrogen-bond acceptors (Lipinski definition) is 2. The van der Waals surface area contributed by atoms with E-state index < -0.39 is 0 Å². The highest BCUT2D eigenvalue weighted by atomic mass is 16.5. The zero-order chi connectivity index (χ0) is 15.6. The summed E-state index contributed by atoms with van der Waals surface area (Å²) in [6, 6.07) is 0. The summed E-state index contributed by atoms with van der Waals surface area (Å²) >= 11 is 0. The Morgan fingerprint density at radius 3 is 1.67 bits per heavy atom. The van der Waals surface area contributed by atoms with Crippen molar-refractivity contribution in [2.24, 2.45) is 0 Å². The van der Waals surface area contributed by atoms with Crippen molar-refractivity contribution in [3.05, 3.63) is 0 Å². The third-order valence-electron chi connectivity index (χ3n) is 4.18. The topological polar surface area (TPSA) is 29.5 Å². The van der Waals surface area contributed by atoms with Crippen LogP contribution < -0.4 is 0 Å². The van der Waals surface area contributed by atoms with E-state index >= 15 is 0 Å². The molecule has 0 rings (SSSR count). The molecule has 0 amide bonds. The van der Waals surface area contributed by atoms with Crippen molar-refractivity contribution >= 4 is 0 Å². The summed E-state index contributed by atoms with van der Waals surface area (Å²) in [4.78, 5) is 0. The van der Waals surface area contributed by atoms with Crippen LogP contribution in [0.5, 0.6) is 0 Å². The van der Waals surface area contributed by atoms with Gasteiger partial charge in [-0.3, -0.25) is 0 Å². The number of hydrogen-bond donors (Lipinski definition) is 1. The molecule has 0 aromatic carbocycles. The van der Waals surface area contributed by atoms with Crippen LogP contribution in [0.1, 0.15) is 104 Å². The van der Waals surface area contributed by atoms with Gasteiger partial charge in [0, 0.05) is 6.61 Å². The normalized spacial score (nSPS) is 12.7. The second kappa shape index (κ2) is 18.0. The van der Waals surface area contributed by atoms with Crippen molar-refractivity contribution in [1.29, 1.82) is 0 Å². The number of ether oxygens (including phenoxy) is 1. The number of aliphatic hydroxyl groups is 1. The molecule has 0 aliphatic carbocycles. The Morgan fingerprint density at radius 2 is 1.14 bits per heavy atom. The van der Waals surface area contributed by atoms with Crippen LogP contribution >= 0.6 is 0 Å². The smallest absolute Gasteiger partial charge is 0.0805 e. The van der Waals surface area contributed by atoms with Gasteiger partial charge in [-0.2, -0.15) is 0 Å². The van der Waals surface area contributed by atoms with Crippen molar-refractivity contribution in [1.82, 2.24) is 0 Å². The van der Waals surface area contributed by atoms with Crippen LogP contribution in [0.15, 0.2) is 0 Å². The summed E-state index contributed by atoms with van der Waals surface area (Å²) in [6.45, 7) is 5.52. The average molecular weight is 301 g/mol. The predicted molar refractivity (Wildman–Crippen MR) is 92.8 cm³/mol. The molecule has 0 aromatic rings. The third kappa shape index (κ3) is 16.1. The van der Waals surface area contributed by atoms with Gasteiger partial charge in [0.25, 0.3) is 0 Å². The van der Waals surface area contributed by atoms with E-state index in [9.17, 15) is 5.11 Å². The molecule has 0 aliphatic heterocycles. The molecule has 0 aliphatic rings. The van der Waals surface area contributed by atoms with Gasteiger partial charge in [-0.05, 0) is 12.8 Å². The first-order valence-electron chi connectivity index (χ1n) is 9.57. The van der Waals surface area contributed by atoms with Gasteiger partial charge < -0.3 is 9.84 Å². The van der Waals surface area contributed by atoms with E-state index in [1.54, 1.807) is 0 Å². The molecule has 0 heterocycles. The van der Waals surface area contributed by atoms with Gasteiger partial charge in [0.05, 0.1) is 12.7 Å². The fourth-order valence-corrected chi connectivity index (χ4v) is 2.69. The molecule has 0 fully saturated rings. The Morgan fingerprint density at radius 1 is 0.667 bits per heavy atom. The average Bonchev–Trinajstić information content (AvgIpc) is 2.51. The van der Waals surface area contributed by atoms with Gasteiger partial charge in [0.1, 0.15) is 0 Å². The van der Waals surface area contributed by atoms with Crippen molar-refractivity contribution in [2.45, 2.75) is 110 Å². The zero-order valence-corrected chi connectivity index (χ0v) is 14.7. The summed E-state index contributed by atoms with van der Waals surface area (Å²) < 4.78 is 5.79. The molecule has 0 radical (unpaired) electrons. The molecule has 0 aromatic heterocycles. The highest BCUT2D eigenvalue weighted by Crippen LogP contribution is 2.12. The van der Waals surface area contributed by atoms with Crippen molar-refractivity contribution in [2.75, 3.05) is 13.2 Å². The summed E-state index contributed by atoms with van der Waals surface area (Å²) in [6.07, 6.45) is 18.2. The van der Waals surface area contributed by atoms with E-state index in [-0.39, 0.29) is 12.7 Å². The highest BCUT2D eigenvalue weighted by molar-refractivity contribution is 4.57. The van der Waals surface area contributed by atoms with E-state index in [0.29, 0.717) is 0 Å². The molecule has 1 unspecified atom stereocenters. The van der Waals surface area contributed by atoms with Gasteiger partial charge in [0.2, 0.25) is 0 Å². The second-order valence-corrected chi connectivity index (χ2v) is 6.35. The van der Waals surface area contributed by atoms with Gasteiger partial charge >= 0.3 is 0 Å². The molecule has 0 spiro atoms. The van der Waals surface area contributed by atoms with Crippen molar-refractivity contribution < 1.29 is 9.84 Å². The first kappa shape index (κ1) is 20.9. The SMILES string of the molecule is CCCCCCCCCC(CO)OCCCCCCCC.